The fourth-order valence-electron chi connectivity index (χ4n) is 5.12. The Kier molecular flexibility index (Phi) is 7.25. The zero-order valence-corrected chi connectivity index (χ0v) is 21.3. The first-order valence-electron chi connectivity index (χ1n) is 12.3. The molecule has 3 aromatic carbocycles. The number of carbonyl (C=O) groups is 1. The third-order valence-corrected chi connectivity index (χ3v) is 6.81. The van der Waals surface area contributed by atoms with E-state index in [4.69, 9.17) is 4.74 Å². The van der Waals surface area contributed by atoms with Crippen LogP contribution in [0.2, 0.25) is 0 Å². The number of benzene rings is 3. The number of carbonyl (C=O) groups excluding carboxylic acids is 1. The van der Waals surface area contributed by atoms with Crippen molar-refractivity contribution < 1.29 is 9.53 Å². The third-order valence-electron chi connectivity index (χ3n) is 6.81. The van der Waals surface area contributed by atoms with E-state index in [1.165, 1.54) is 11.3 Å². The Hall–Kier alpha value is -3.60. The number of amides is 1. The summed E-state index contributed by atoms with van der Waals surface area (Å²) < 4.78 is 5.63. The summed E-state index contributed by atoms with van der Waals surface area (Å²) >= 11 is 0. The molecule has 5 heteroatoms. The molecule has 1 N–H and O–H groups in total. The SMILES string of the molecule is CCN1c2cc(C)c(/C=N/NC(=O)COc3ccc(-c4ccccc4)cc3)cc2C(C)CC1(C)C. The molecule has 0 aromatic heterocycles. The van der Waals surface area contributed by atoms with Gasteiger partial charge in [0.25, 0.3) is 5.91 Å². The summed E-state index contributed by atoms with van der Waals surface area (Å²) in [5, 5.41) is 4.19. The van der Waals surface area contributed by atoms with Crippen LogP contribution in [0.15, 0.2) is 71.8 Å². The van der Waals surface area contributed by atoms with Crippen LogP contribution < -0.4 is 15.1 Å². The van der Waals surface area contributed by atoms with Gasteiger partial charge in [0.1, 0.15) is 5.75 Å². The zero-order chi connectivity index (χ0) is 25.0. The van der Waals surface area contributed by atoms with Gasteiger partial charge in [-0.1, -0.05) is 49.4 Å². The third kappa shape index (κ3) is 5.56. The molecule has 1 aliphatic heterocycles. The maximum atomic E-state index is 12.3. The molecule has 0 saturated heterocycles. The topological polar surface area (TPSA) is 53.9 Å². The van der Waals surface area contributed by atoms with Crippen molar-refractivity contribution in [3.05, 3.63) is 83.4 Å². The molecule has 0 fully saturated rings. The van der Waals surface area contributed by atoms with E-state index in [1.807, 2.05) is 42.5 Å². The monoisotopic (exact) mass is 469 g/mol. The van der Waals surface area contributed by atoms with Crippen molar-refractivity contribution in [3.63, 3.8) is 0 Å². The first-order chi connectivity index (χ1) is 16.8. The summed E-state index contributed by atoms with van der Waals surface area (Å²) in [6.45, 7) is 12.1. The van der Waals surface area contributed by atoms with E-state index < -0.39 is 0 Å². The number of nitrogens with zero attached hydrogens (tertiary/aromatic N) is 2. The van der Waals surface area contributed by atoms with Crippen molar-refractivity contribution in [1.82, 2.24) is 5.43 Å². The summed E-state index contributed by atoms with van der Waals surface area (Å²) in [5.41, 5.74) is 9.77. The Balaban J connectivity index is 1.35. The lowest BCUT2D eigenvalue weighted by Crippen LogP contribution is -2.48. The molecule has 0 bridgehead atoms. The number of hydrazone groups is 1. The molecule has 182 valence electrons. The van der Waals surface area contributed by atoms with E-state index in [1.54, 1.807) is 6.21 Å². The highest BCUT2D eigenvalue weighted by atomic mass is 16.5. The number of hydrogen-bond acceptors (Lipinski definition) is 4. The van der Waals surface area contributed by atoms with Crippen LogP contribution in [0.25, 0.3) is 11.1 Å². The Morgan fingerprint density at radius 1 is 1.11 bits per heavy atom. The van der Waals surface area contributed by atoms with Crippen LogP contribution in [0.5, 0.6) is 5.75 Å². The van der Waals surface area contributed by atoms with E-state index in [0.29, 0.717) is 11.7 Å². The average Bonchev–Trinajstić information content (AvgIpc) is 2.84. The lowest BCUT2D eigenvalue weighted by Gasteiger charge is -2.47. The largest absolute Gasteiger partial charge is 0.484 e. The number of nitrogens with one attached hydrogen (secondary N) is 1. The number of anilines is 1. The number of fused-ring (bicyclic) bond motifs is 1. The Morgan fingerprint density at radius 3 is 2.49 bits per heavy atom. The Bertz CT molecular complexity index is 1200. The zero-order valence-electron chi connectivity index (χ0n) is 21.3. The highest BCUT2D eigenvalue weighted by molar-refractivity contribution is 5.86. The van der Waals surface area contributed by atoms with Gasteiger partial charge < -0.3 is 9.64 Å². The van der Waals surface area contributed by atoms with Gasteiger partial charge in [-0.2, -0.15) is 5.10 Å². The fraction of sp³-hybridized carbons (Fsp3) is 0.333. The average molecular weight is 470 g/mol. The molecule has 0 spiro atoms. The molecule has 1 heterocycles. The lowest BCUT2D eigenvalue weighted by atomic mass is 9.79. The van der Waals surface area contributed by atoms with Crippen molar-refractivity contribution in [2.75, 3.05) is 18.1 Å². The van der Waals surface area contributed by atoms with E-state index in [2.05, 4.69) is 74.3 Å². The van der Waals surface area contributed by atoms with Crippen LogP contribution in [0.1, 0.15) is 56.7 Å². The second-order valence-corrected chi connectivity index (χ2v) is 9.90. The number of hydrogen-bond donors (Lipinski definition) is 1. The maximum absolute atomic E-state index is 12.3. The number of ether oxygens (including phenoxy) is 1. The second kappa shape index (κ2) is 10.3. The van der Waals surface area contributed by atoms with Crippen molar-refractivity contribution in [2.45, 2.75) is 52.5 Å². The van der Waals surface area contributed by atoms with Crippen molar-refractivity contribution in [1.29, 1.82) is 0 Å². The second-order valence-electron chi connectivity index (χ2n) is 9.90. The van der Waals surface area contributed by atoms with Gasteiger partial charge in [-0.15, -0.1) is 0 Å². The van der Waals surface area contributed by atoms with Gasteiger partial charge in [0, 0.05) is 17.8 Å². The van der Waals surface area contributed by atoms with Gasteiger partial charge >= 0.3 is 0 Å². The van der Waals surface area contributed by atoms with Gasteiger partial charge in [0.05, 0.1) is 6.21 Å². The maximum Gasteiger partial charge on any atom is 0.277 e. The van der Waals surface area contributed by atoms with E-state index in [9.17, 15) is 4.79 Å². The molecule has 1 aliphatic rings. The molecule has 1 atom stereocenters. The van der Waals surface area contributed by atoms with Crippen LogP contribution in [-0.4, -0.2) is 30.8 Å². The summed E-state index contributed by atoms with van der Waals surface area (Å²) in [7, 11) is 0. The van der Waals surface area contributed by atoms with E-state index in [-0.39, 0.29) is 18.1 Å². The van der Waals surface area contributed by atoms with Gasteiger partial charge in [0.2, 0.25) is 0 Å². The normalized spacial score (nSPS) is 16.7. The molecule has 1 unspecified atom stereocenters. The molecular weight excluding hydrogens is 434 g/mol. The lowest BCUT2D eigenvalue weighted by molar-refractivity contribution is -0.123. The van der Waals surface area contributed by atoms with Gasteiger partial charge in [-0.3, -0.25) is 4.79 Å². The standard InChI is InChI=1S/C30H35N3O2/c1-6-33-28-16-21(2)25(17-27(28)22(3)18-30(33,4)5)19-31-32-29(34)20-35-26-14-12-24(13-15-26)23-10-8-7-9-11-23/h7-17,19,22H,6,18,20H2,1-5H3,(H,32,34)/b31-19+. The summed E-state index contributed by atoms with van der Waals surface area (Å²) in [4.78, 5) is 14.7. The highest BCUT2D eigenvalue weighted by Gasteiger charge is 2.35. The minimum atomic E-state index is -0.295. The molecule has 0 saturated carbocycles. The summed E-state index contributed by atoms with van der Waals surface area (Å²) in [6.07, 6.45) is 2.83. The van der Waals surface area contributed by atoms with Gasteiger partial charge in [-0.25, -0.2) is 5.43 Å². The molecule has 0 radical (unpaired) electrons. The predicted molar refractivity (Wildman–Crippen MR) is 144 cm³/mol. The van der Waals surface area contributed by atoms with E-state index in [0.717, 1.165) is 35.2 Å². The van der Waals surface area contributed by atoms with Crippen LogP contribution in [0.4, 0.5) is 5.69 Å². The van der Waals surface area contributed by atoms with Gasteiger partial charge in [-0.05, 0) is 92.1 Å². The van der Waals surface area contributed by atoms with Crippen LogP contribution in [-0.2, 0) is 4.79 Å². The Morgan fingerprint density at radius 2 is 1.80 bits per heavy atom. The summed E-state index contributed by atoms with van der Waals surface area (Å²) in [5.74, 6) is 0.815. The minimum Gasteiger partial charge on any atom is -0.484 e. The fourth-order valence-corrected chi connectivity index (χ4v) is 5.12. The van der Waals surface area contributed by atoms with Crippen molar-refractivity contribution in [3.8, 4) is 16.9 Å². The van der Waals surface area contributed by atoms with E-state index >= 15 is 0 Å². The minimum absolute atomic E-state index is 0.0945. The molecule has 4 rings (SSSR count). The first-order valence-corrected chi connectivity index (χ1v) is 12.3. The summed E-state index contributed by atoms with van der Waals surface area (Å²) in [6, 6.07) is 22.3. The smallest absolute Gasteiger partial charge is 0.277 e. The molecule has 0 aliphatic carbocycles. The quantitative estimate of drug-likeness (QED) is 0.326. The molecular formula is C30H35N3O2. The van der Waals surface area contributed by atoms with Crippen LogP contribution in [0, 0.1) is 6.92 Å². The Labute approximate surface area is 208 Å². The first kappa shape index (κ1) is 24.5. The van der Waals surface area contributed by atoms with Gasteiger partial charge in [0.15, 0.2) is 6.61 Å². The number of aryl methyl sites for hydroxylation is 1. The predicted octanol–water partition coefficient (Wildman–Crippen LogP) is 6.30. The van der Waals surface area contributed by atoms with Crippen molar-refractivity contribution >= 4 is 17.8 Å². The molecule has 5 nitrogen and oxygen atoms in total. The molecule has 35 heavy (non-hydrogen) atoms. The molecule has 1 amide bonds. The van der Waals surface area contributed by atoms with Crippen LogP contribution >= 0.6 is 0 Å². The van der Waals surface area contributed by atoms with Crippen LogP contribution in [0.3, 0.4) is 0 Å². The molecule has 3 aromatic rings. The van der Waals surface area contributed by atoms with Crippen molar-refractivity contribution in [2.24, 2.45) is 5.10 Å². The highest BCUT2D eigenvalue weighted by Crippen LogP contribution is 2.44. The number of rotatable bonds is 7.